The van der Waals surface area contributed by atoms with E-state index < -0.39 is 0 Å². The lowest BCUT2D eigenvalue weighted by molar-refractivity contribution is 0.362. The number of allylic oxidation sites excluding steroid dienone is 1. The lowest BCUT2D eigenvalue weighted by Gasteiger charge is -2.02. The number of methoxy groups -OCH3 is 1. The van der Waals surface area contributed by atoms with Crippen LogP contribution < -0.4 is 9.47 Å². The van der Waals surface area contributed by atoms with Crippen LogP contribution in [0, 0.1) is 11.8 Å². The monoisotopic (exact) mass is 296 g/mol. The van der Waals surface area contributed by atoms with Crippen LogP contribution in [0.2, 0.25) is 0 Å². The Hall–Kier alpha value is -3.06. The summed E-state index contributed by atoms with van der Waals surface area (Å²) in [5.74, 6) is 7.19. The minimum absolute atomic E-state index is 0.0888. The Balaban J connectivity index is 1.86. The van der Waals surface area contributed by atoms with E-state index in [1.165, 1.54) is 7.11 Å². The van der Waals surface area contributed by atoms with Crippen molar-refractivity contribution in [3.63, 3.8) is 0 Å². The topological polar surface area (TPSA) is 58.9 Å². The van der Waals surface area contributed by atoms with Crippen LogP contribution in [0.3, 0.4) is 0 Å². The van der Waals surface area contributed by atoms with E-state index in [-0.39, 0.29) is 11.5 Å². The highest BCUT2D eigenvalue weighted by Gasteiger charge is 1.99. The van der Waals surface area contributed by atoms with Gasteiger partial charge in [0.15, 0.2) is 11.5 Å². The van der Waals surface area contributed by atoms with E-state index in [4.69, 9.17) is 14.6 Å². The predicted molar refractivity (Wildman–Crippen MR) is 84.3 cm³/mol. The van der Waals surface area contributed by atoms with Crippen LogP contribution in [-0.4, -0.2) is 23.9 Å². The quantitative estimate of drug-likeness (QED) is 0.851. The summed E-state index contributed by atoms with van der Waals surface area (Å²) in [5, 5.41) is 18.6. The molecule has 4 heteroatoms. The van der Waals surface area contributed by atoms with Crippen LogP contribution >= 0.6 is 0 Å². The van der Waals surface area contributed by atoms with Gasteiger partial charge in [-0.15, -0.1) is 0 Å². The molecule has 0 aliphatic rings. The summed E-state index contributed by atoms with van der Waals surface area (Å²) in [6.45, 7) is 0.387. The van der Waals surface area contributed by atoms with Gasteiger partial charge in [-0.2, -0.15) is 0 Å². The second-order valence-corrected chi connectivity index (χ2v) is 4.36. The van der Waals surface area contributed by atoms with E-state index >= 15 is 0 Å². The number of ether oxygens (including phenoxy) is 2. The molecule has 2 aromatic carbocycles. The van der Waals surface area contributed by atoms with Crippen molar-refractivity contribution in [2.45, 2.75) is 0 Å². The third kappa shape index (κ3) is 4.50. The number of phenolic OH excluding ortho intramolecular Hbond substituents is 2. The van der Waals surface area contributed by atoms with E-state index in [1.807, 2.05) is 0 Å². The van der Waals surface area contributed by atoms with Crippen molar-refractivity contribution in [3.8, 4) is 34.8 Å². The maximum absolute atomic E-state index is 9.48. The van der Waals surface area contributed by atoms with Crippen LogP contribution in [0.25, 0.3) is 0 Å². The van der Waals surface area contributed by atoms with Gasteiger partial charge >= 0.3 is 0 Å². The first kappa shape index (κ1) is 15.3. The highest BCUT2D eigenvalue weighted by atomic mass is 16.5. The molecule has 0 aliphatic heterocycles. The summed E-state index contributed by atoms with van der Waals surface area (Å²) in [4.78, 5) is 0. The summed E-state index contributed by atoms with van der Waals surface area (Å²) in [6, 6.07) is 11.4. The van der Waals surface area contributed by atoms with Gasteiger partial charge in [0.05, 0.1) is 7.11 Å². The molecule has 4 nitrogen and oxygen atoms in total. The Labute approximate surface area is 129 Å². The lowest BCUT2D eigenvalue weighted by Crippen LogP contribution is -1.92. The highest BCUT2D eigenvalue weighted by Crippen LogP contribution is 2.25. The van der Waals surface area contributed by atoms with Crippen molar-refractivity contribution in [1.29, 1.82) is 0 Å². The van der Waals surface area contributed by atoms with Gasteiger partial charge in [-0.25, -0.2) is 0 Å². The molecule has 0 fully saturated rings. The Morgan fingerprint density at radius 3 is 2.59 bits per heavy atom. The molecule has 0 heterocycles. The van der Waals surface area contributed by atoms with Gasteiger partial charge in [-0.3, -0.25) is 0 Å². The lowest BCUT2D eigenvalue weighted by atomic mass is 10.2. The van der Waals surface area contributed by atoms with Gasteiger partial charge in [-0.1, -0.05) is 11.8 Å². The number of rotatable bonds is 4. The largest absolute Gasteiger partial charge is 0.508 e. The third-order valence-corrected chi connectivity index (χ3v) is 2.78. The zero-order valence-electron chi connectivity index (χ0n) is 12.1. The highest BCUT2D eigenvalue weighted by molar-refractivity contribution is 5.48. The number of benzene rings is 2. The van der Waals surface area contributed by atoms with Gasteiger partial charge in [0.2, 0.25) is 0 Å². The van der Waals surface area contributed by atoms with Gasteiger partial charge in [0.1, 0.15) is 18.1 Å². The smallest absolute Gasteiger partial charge is 0.161 e. The Morgan fingerprint density at radius 1 is 1.09 bits per heavy atom. The first-order valence-corrected chi connectivity index (χ1v) is 6.64. The minimum Gasteiger partial charge on any atom is -0.508 e. The fourth-order valence-electron chi connectivity index (χ4n) is 1.67. The maximum Gasteiger partial charge on any atom is 0.161 e. The molecule has 0 saturated heterocycles. The molecule has 0 saturated carbocycles. The van der Waals surface area contributed by atoms with E-state index in [2.05, 4.69) is 11.8 Å². The molecule has 112 valence electrons. The summed E-state index contributed by atoms with van der Waals surface area (Å²) in [7, 11) is 1.49. The molecule has 0 atom stereocenters. The standard InChI is InChI=1S/C18H16O4/c1-21-18-13-14(6-11-17(18)20)5-3-2-4-12-22-16-9-7-15(19)8-10-16/h2,4,6-11,13,19-20H,12H2,1H3/b4-2+. The fourth-order valence-corrected chi connectivity index (χ4v) is 1.67. The number of hydrogen-bond acceptors (Lipinski definition) is 4. The number of phenols is 2. The van der Waals surface area contributed by atoms with Crippen LogP contribution in [0.1, 0.15) is 5.56 Å². The summed E-state index contributed by atoms with van der Waals surface area (Å²) in [5.41, 5.74) is 0.749. The predicted octanol–water partition coefficient (Wildman–Crippen LogP) is 3.09. The first-order chi connectivity index (χ1) is 10.7. The van der Waals surface area contributed by atoms with E-state index in [0.717, 1.165) is 5.56 Å². The molecule has 2 rings (SSSR count). The van der Waals surface area contributed by atoms with Crippen molar-refractivity contribution in [1.82, 2.24) is 0 Å². The molecule has 2 N–H and O–H groups in total. The van der Waals surface area contributed by atoms with Crippen molar-refractivity contribution < 1.29 is 19.7 Å². The summed E-state index contributed by atoms with van der Waals surface area (Å²) in [6.07, 6.45) is 3.48. The second kappa shape index (κ2) is 7.65. The van der Waals surface area contributed by atoms with Crippen molar-refractivity contribution >= 4 is 0 Å². The zero-order chi connectivity index (χ0) is 15.8. The Bertz CT molecular complexity index is 706. The van der Waals surface area contributed by atoms with Crippen molar-refractivity contribution in [2.75, 3.05) is 13.7 Å². The maximum atomic E-state index is 9.48. The Morgan fingerprint density at radius 2 is 1.86 bits per heavy atom. The normalized spacial score (nSPS) is 10.0. The van der Waals surface area contributed by atoms with E-state index in [0.29, 0.717) is 18.1 Å². The third-order valence-electron chi connectivity index (χ3n) is 2.78. The molecule has 0 spiro atoms. The minimum atomic E-state index is 0.0888. The molecule has 0 bridgehead atoms. The number of aromatic hydroxyl groups is 2. The van der Waals surface area contributed by atoms with Gasteiger partial charge in [0, 0.05) is 5.56 Å². The summed E-state index contributed by atoms with van der Waals surface area (Å²) < 4.78 is 10.5. The molecule has 0 unspecified atom stereocenters. The summed E-state index contributed by atoms with van der Waals surface area (Å²) >= 11 is 0. The van der Waals surface area contributed by atoms with Crippen LogP contribution in [0.15, 0.2) is 54.6 Å². The fraction of sp³-hybridized carbons (Fsp3) is 0.111. The molecular weight excluding hydrogens is 280 g/mol. The zero-order valence-corrected chi connectivity index (χ0v) is 12.1. The molecule has 0 amide bonds. The molecule has 2 aromatic rings. The molecule has 0 aliphatic carbocycles. The van der Waals surface area contributed by atoms with Crippen LogP contribution in [0.4, 0.5) is 0 Å². The molecule has 0 aromatic heterocycles. The van der Waals surface area contributed by atoms with Crippen LogP contribution in [-0.2, 0) is 0 Å². The van der Waals surface area contributed by atoms with Crippen molar-refractivity contribution in [2.24, 2.45) is 0 Å². The second-order valence-electron chi connectivity index (χ2n) is 4.36. The van der Waals surface area contributed by atoms with Gasteiger partial charge in [-0.05, 0) is 54.6 Å². The average Bonchev–Trinajstić information content (AvgIpc) is 2.54. The average molecular weight is 296 g/mol. The van der Waals surface area contributed by atoms with Crippen LogP contribution in [0.5, 0.6) is 23.0 Å². The van der Waals surface area contributed by atoms with Gasteiger partial charge in [0.25, 0.3) is 0 Å². The van der Waals surface area contributed by atoms with E-state index in [1.54, 1.807) is 54.6 Å². The first-order valence-electron chi connectivity index (χ1n) is 6.64. The molecular formula is C18H16O4. The van der Waals surface area contributed by atoms with Gasteiger partial charge < -0.3 is 19.7 Å². The number of hydrogen-bond donors (Lipinski definition) is 2. The molecule has 0 radical (unpaired) electrons. The van der Waals surface area contributed by atoms with Crippen molar-refractivity contribution in [3.05, 3.63) is 60.2 Å². The van der Waals surface area contributed by atoms with E-state index in [9.17, 15) is 5.11 Å². The molecule has 22 heavy (non-hydrogen) atoms. The Kier molecular flexibility index (Phi) is 5.33. The SMILES string of the molecule is COc1cc(C#C/C=C/COc2ccc(O)cc2)ccc1O.